The van der Waals surface area contributed by atoms with Crippen molar-refractivity contribution in [3.63, 3.8) is 0 Å². The molecule has 0 radical (unpaired) electrons. The zero-order valence-corrected chi connectivity index (χ0v) is 23.5. The molecule has 0 aliphatic rings. The lowest BCUT2D eigenvalue weighted by molar-refractivity contribution is -0.136. The topological polar surface area (TPSA) is 101 Å². The second-order valence-electron chi connectivity index (χ2n) is 9.58. The predicted molar refractivity (Wildman–Crippen MR) is 157 cm³/mol. The van der Waals surface area contributed by atoms with Crippen molar-refractivity contribution in [2.75, 3.05) is 6.54 Å². The minimum Gasteiger partial charge on any atom is -0.481 e. The van der Waals surface area contributed by atoms with Crippen LogP contribution in [-0.2, 0) is 4.79 Å². The summed E-state index contributed by atoms with van der Waals surface area (Å²) >= 11 is -0.328. The Morgan fingerprint density at radius 1 is 0.744 bits per heavy atom. The summed E-state index contributed by atoms with van der Waals surface area (Å²) in [5.41, 5.74) is -1.61. The normalized spacial score (nSPS) is 11.9. The lowest BCUT2D eigenvalue weighted by Crippen LogP contribution is -2.26. The number of rotatable bonds is 12. The molecule has 0 aromatic heterocycles. The number of halogens is 3. The molecule has 0 heterocycles. The van der Waals surface area contributed by atoms with Gasteiger partial charge in [-0.05, 0) is 52.7 Å². The Morgan fingerprint density at radius 2 is 1.37 bits per heavy atom. The number of nitrogens with one attached hydrogen (secondary N) is 1. The van der Waals surface area contributed by atoms with E-state index in [4.69, 9.17) is 5.11 Å². The molecule has 4 aromatic carbocycles. The van der Waals surface area contributed by atoms with E-state index in [2.05, 4.69) is 5.32 Å². The molecule has 6 nitrogen and oxygen atoms in total. The van der Waals surface area contributed by atoms with Crippen LogP contribution < -0.4 is 5.32 Å². The number of alkyl halides is 3. The number of carbonyl (C=O) groups excluding carboxylic acids is 3. The van der Waals surface area contributed by atoms with Crippen LogP contribution in [0.2, 0.25) is 0 Å². The van der Waals surface area contributed by atoms with Gasteiger partial charge < -0.3 is 10.4 Å². The van der Waals surface area contributed by atoms with Crippen molar-refractivity contribution in [3.05, 3.63) is 125 Å². The molecule has 10 heteroatoms. The van der Waals surface area contributed by atoms with Gasteiger partial charge in [0.2, 0.25) is 0 Å². The third-order valence-electron chi connectivity index (χ3n) is 6.57. The SMILES string of the molecule is O=C(O)CCNC(=O)c1ccc(C(CC(=O)c2cccc(SC(F)(F)F)c2)C(=O)c2ccc(-c3ccccc3)cc2)cc1. The number of carboxylic acids is 1. The van der Waals surface area contributed by atoms with Crippen LogP contribution >= 0.6 is 11.8 Å². The van der Waals surface area contributed by atoms with E-state index < -0.39 is 29.1 Å². The molecule has 0 spiro atoms. The van der Waals surface area contributed by atoms with Gasteiger partial charge in [0.25, 0.3) is 5.91 Å². The predicted octanol–water partition coefficient (Wildman–Crippen LogP) is 7.41. The number of hydrogen-bond donors (Lipinski definition) is 2. The van der Waals surface area contributed by atoms with E-state index in [1.807, 2.05) is 30.3 Å². The van der Waals surface area contributed by atoms with Gasteiger partial charge in [0.1, 0.15) is 0 Å². The molecule has 0 saturated carbocycles. The highest BCUT2D eigenvalue weighted by atomic mass is 32.2. The van der Waals surface area contributed by atoms with Crippen molar-refractivity contribution in [2.45, 2.75) is 29.2 Å². The van der Waals surface area contributed by atoms with Crippen LogP contribution in [0.15, 0.2) is 108 Å². The molecule has 4 rings (SSSR count). The summed E-state index contributed by atoms with van der Waals surface area (Å²) in [6.45, 7) is -0.0593. The lowest BCUT2D eigenvalue weighted by atomic mass is 9.84. The van der Waals surface area contributed by atoms with E-state index in [9.17, 15) is 32.3 Å². The Kier molecular flexibility index (Phi) is 10.2. The van der Waals surface area contributed by atoms with E-state index in [1.165, 1.54) is 42.5 Å². The van der Waals surface area contributed by atoms with Gasteiger partial charge in [0.15, 0.2) is 11.6 Å². The molecule has 220 valence electrons. The van der Waals surface area contributed by atoms with Gasteiger partial charge in [-0.15, -0.1) is 0 Å². The van der Waals surface area contributed by atoms with Gasteiger partial charge >= 0.3 is 11.5 Å². The Labute approximate surface area is 249 Å². The van der Waals surface area contributed by atoms with Crippen LogP contribution in [-0.4, -0.2) is 40.6 Å². The number of benzene rings is 4. The number of hydrogen-bond acceptors (Lipinski definition) is 5. The minimum atomic E-state index is -4.52. The fourth-order valence-electron chi connectivity index (χ4n) is 4.44. The maximum Gasteiger partial charge on any atom is 0.446 e. The standard InChI is InChI=1S/C33H26F3NO5S/c34-33(35,36)43-27-8-4-7-26(19-27)29(38)20-28(23-11-15-25(16-12-23)32(42)37-18-17-30(39)40)31(41)24-13-9-22(10-14-24)21-5-2-1-3-6-21/h1-16,19,28H,17-18,20H2,(H,37,42)(H,39,40). The van der Waals surface area contributed by atoms with E-state index in [-0.39, 0.29) is 53.0 Å². The molecule has 0 saturated heterocycles. The highest BCUT2D eigenvalue weighted by Crippen LogP contribution is 2.37. The Bertz CT molecular complexity index is 1600. The fraction of sp³-hybridized carbons (Fsp3) is 0.152. The molecule has 1 unspecified atom stereocenters. The summed E-state index contributed by atoms with van der Waals surface area (Å²) < 4.78 is 38.7. The molecular weight excluding hydrogens is 579 g/mol. The lowest BCUT2D eigenvalue weighted by Gasteiger charge is -2.17. The molecule has 0 fully saturated rings. The van der Waals surface area contributed by atoms with E-state index >= 15 is 0 Å². The summed E-state index contributed by atoms with van der Waals surface area (Å²) in [4.78, 5) is 50.1. The van der Waals surface area contributed by atoms with Gasteiger partial charge in [0.05, 0.1) is 12.3 Å². The number of carbonyl (C=O) groups is 4. The molecule has 43 heavy (non-hydrogen) atoms. The average molecular weight is 606 g/mol. The summed E-state index contributed by atoms with van der Waals surface area (Å²) in [5, 5.41) is 11.3. The summed E-state index contributed by atoms with van der Waals surface area (Å²) in [7, 11) is 0. The maximum absolute atomic E-state index is 13.8. The second kappa shape index (κ2) is 14.0. The van der Waals surface area contributed by atoms with E-state index in [0.29, 0.717) is 11.1 Å². The highest BCUT2D eigenvalue weighted by molar-refractivity contribution is 8.00. The van der Waals surface area contributed by atoms with E-state index in [1.54, 1.807) is 24.3 Å². The first-order valence-electron chi connectivity index (χ1n) is 13.2. The molecular formula is C33H26F3NO5S. The first kappa shape index (κ1) is 31.2. The zero-order chi connectivity index (χ0) is 31.0. The number of amides is 1. The second-order valence-corrected chi connectivity index (χ2v) is 10.7. The molecule has 2 N–H and O–H groups in total. The van der Waals surface area contributed by atoms with Crippen LogP contribution in [0.4, 0.5) is 13.2 Å². The number of thioether (sulfide) groups is 1. The molecule has 0 bridgehead atoms. The van der Waals surface area contributed by atoms with Gasteiger partial charge in [-0.3, -0.25) is 19.2 Å². The van der Waals surface area contributed by atoms with Crippen molar-refractivity contribution in [1.29, 1.82) is 0 Å². The fourth-order valence-corrected chi connectivity index (χ4v) is 5.04. The van der Waals surface area contributed by atoms with Crippen molar-refractivity contribution < 1.29 is 37.5 Å². The van der Waals surface area contributed by atoms with Crippen LogP contribution in [0, 0.1) is 0 Å². The van der Waals surface area contributed by atoms with E-state index in [0.717, 1.165) is 17.2 Å². The third kappa shape index (κ3) is 8.89. The quantitative estimate of drug-likeness (QED) is 0.129. The average Bonchev–Trinajstić information content (AvgIpc) is 2.99. The van der Waals surface area contributed by atoms with Crippen molar-refractivity contribution >= 4 is 35.2 Å². The molecule has 0 aliphatic heterocycles. The highest BCUT2D eigenvalue weighted by Gasteiger charge is 2.30. The Hall–Kier alpha value is -4.70. The van der Waals surface area contributed by atoms with Crippen molar-refractivity contribution in [3.8, 4) is 11.1 Å². The monoisotopic (exact) mass is 605 g/mol. The van der Waals surface area contributed by atoms with Crippen molar-refractivity contribution in [1.82, 2.24) is 5.32 Å². The molecule has 4 aromatic rings. The summed E-state index contributed by atoms with van der Waals surface area (Å²) in [6, 6.07) is 27.7. The third-order valence-corrected chi connectivity index (χ3v) is 7.29. The first-order chi connectivity index (χ1) is 20.5. The van der Waals surface area contributed by atoms with Crippen LogP contribution in [0.3, 0.4) is 0 Å². The number of ketones is 2. The maximum atomic E-state index is 13.8. The number of Topliss-reactive ketones (excluding diaryl/α,β-unsaturated/α-hetero) is 2. The minimum absolute atomic E-state index is 0.0425. The van der Waals surface area contributed by atoms with Gasteiger partial charge in [-0.1, -0.05) is 78.9 Å². The van der Waals surface area contributed by atoms with Gasteiger partial charge in [-0.25, -0.2) is 0 Å². The Balaban J connectivity index is 1.61. The first-order valence-corrected chi connectivity index (χ1v) is 14.0. The summed E-state index contributed by atoms with van der Waals surface area (Å²) in [6.07, 6.45) is -0.558. The van der Waals surface area contributed by atoms with Crippen LogP contribution in [0.5, 0.6) is 0 Å². The Morgan fingerprint density at radius 3 is 2.00 bits per heavy atom. The summed E-state index contributed by atoms with van der Waals surface area (Å²) in [5.74, 6) is -3.42. The number of carboxylic acid groups (broad SMARTS) is 1. The largest absolute Gasteiger partial charge is 0.481 e. The van der Waals surface area contributed by atoms with Crippen molar-refractivity contribution in [2.24, 2.45) is 0 Å². The van der Waals surface area contributed by atoms with Gasteiger partial charge in [-0.2, -0.15) is 13.2 Å². The zero-order valence-electron chi connectivity index (χ0n) is 22.6. The molecule has 1 atom stereocenters. The van der Waals surface area contributed by atoms with Crippen LogP contribution in [0.1, 0.15) is 55.4 Å². The van der Waals surface area contributed by atoms with Crippen LogP contribution in [0.25, 0.3) is 11.1 Å². The molecule has 1 amide bonds. The van der Waals surface area contributed by atoms with Gasteiger partial charge in [0, 0.05) is 34.6 Å². The molecule has 0 aliphatic carbocycles. The smallest absolute Gasteiger partial charge is 0.446 e. The number of aliphatic carboxylic acids is 1.